The van der Waals surface area contributed by atoms with E-state index in [0.717, 1.165) is 72.2 Å². The summed E-state index contributed by atoms with van der Waals surface area (Å²) < 4.78 is 11.2. The van der Waals surface area contributed by atoms with E-state index in [1.165, 1.54) is 16.2 Å². The fourth-order valence-electron chi connectivity index (χ4n) is 8.15. The van der Waals surface area contributed by atoms with Crippen LogP contribution in [0, 0.1) is 0 Å². The van der Waals surface area contributed by atoms with E-state index < -0.39 is 0 Å². The number of rotatable bonds is 3. The first-order valence-electron chi connectivity index (χ1n) is 17.4. The summed E-state index contributed by atoms with van der Waals surface area (Å²) in [7, 11) is 0. The minimum atomic E-state index is -0.242. The van der Waals surface area contributed by atoms with Crippen LogP contribution >= 0.6 is 0 Å². The third kappa shape index (κ3) is 4.24. The first-order valence-corrected chi connectivity index (χ1v) is 17.4. The first kappa shape index (κ1) is 28.2. The van der Waals surface area contributed by atoms with Crippen LogP contribution in [0.5, 0.6) is 0 Å². The van der Waals surface area contributed by atoms with Crippen LogP contribution < -0.4 is 10.6 Å². The van der Waals surface area contributed by atoms with Crippen molar-refractivity contribution in [3.8, 4) is 5.69 Å². The van der Waals surface area contributed by atoms with Gasteiger partial charge < -0.3 is 14.3 Å². The Morgan fingerprint density at radius 3 is 1.88 bits per heavy atom. The maximum atomic E-state index is 6.48. The van der Waals surface area contributed by atoms with Gasteiger partial charge in [0.15, 0.2) is 0 Å². The Bertz CT molecular complexity index is 2970. The van der Waals surface area contributed by atoms with Crippen molar-refractivity contribution in [1.29, 1.82) is 0 Å². The number of fused-ring (bicyclic) bond motifs is 10. The van der Waals surface area contributed by atoms with Gasteiger partial charge in [-0.25, -0.2) is 4.99 Å². The number of nitrogens with one attached hydrogen (secondary N) is 2. The van der Waals surface area contributed by atoms with Crippen LogP contribution in [0.1, 0.15) is 23.5 Å². The zero-order chi connectivity index (χ0) is 33.5. The van der Waals surface area contributed by atoms with E-state index in [0.29, 0.717) is 0 Å². The summed E-state index contributed by atoms with van der Waals surface area (Å²) in [6.45, 7) is 0. The van der Waals surface area contributed by atoms with Gasteiger partial charge in [-0.05, 0) is 59.7 Å². The summed E-state index contributed by atoms with van der Waals surface area (Å²) in [6.07, 6.45) is -0.390. The highest BCUT2D eigenvalue weighted by atomic mass is 16.3. The first-order chi connectivity index (χ1) is 25.3. The van der Waals surface area contributed by atoms with Crippen molar-refractivity contribution in [1.82, 2.24) is 19.8 Å². The third-order valence-electron chi connectivity index (χ3n) is 10.4. The van der Waals surface area contributed by atoms with Crippen LogP contribution in [0.2, 0.25) is 0 Å². The Morgan fingerprint density at radius 1 is 0.471 bits per heavy atom. The lowest BCUT2D eigenvalue weighted by atomic mass is 10.0. The van der Waals surface area contributed by atoms with Gasteiger partial charge in [0.25, 0.3) is 0 Å². The molecule has 0 aliphatic carbocycles. The molecule has 242 valence electrons. The number of para-hydroxylation sites is 3. The Kier molecular flexibility index (Phi) is 6.05. The number of hydrogen-bond acceptors (Lipinski definition) is 4. The van der Waals surface area contributed by atoms with Crippen LogP contribution in [0.3, 0.4) is 0 Å². The maximum Gasteiger partial charge on any atom is 0.206 e. The molecule has 2 N–H and O–H groups in total. The molecule has 2 atom stereocenters. The molecule has 10 aromatic rings. The van der Waals surface area contributed by atoms with Crippen molar-refractivity contribution in [2.45, 2.75) is 12.3 Å². The molecule has 0 amide bonds. The molecule has 4 heterocycles. The molecule has 0 bridgehead atoms. The summed E-state index contributed by atoms with van der Waals surface area (Å²) in [5, 5.41) is 14.5. The van der Waals surface area contributed by atoms with Crippen LogP contribution in [-0.4, -0.2) is 15.1 Å². The molecule has 2 unspecified atom stereocenters. The summed E-state index contributed by atoms with van der Waals surface area (Å²) in [6, 6.07) is 57.7. The zero-order valence-corrected chi connectivity index (χ0v) is 27.5. The van der Waals surface area contributed by atoms with Crippen LogP contribution in [0.15, 0.2) is 173 Å². The van der Waals surface area contributed by atoms with Crippen molar-refractivity contribution < 1.29 is 4.42 Å². The summed E-state index contributed by atoms with van der Waals surface area (Å²) in [4.78, 5) is 5.37. The second kappa shape index (κ2) is 10.9. The van der Waals surface area contributed by atoms with Crippen LogP contribution in [-0.2, 0) is 0 Å². The van der Waals surface area contributed by atoms with Gasteiger partial charge in [0.2, 0.25) is 5.96 Å². The molecule has 51 heavy (non-hydrogen) atoms. The highest BCUT2D eigenvalue weighted by molar-refractivity contribution is 6.31. The van der Waals surface area contributed by atoms with Crippen molar-refractivity contribution in [2.75, 3.05) is 0 Å². The molecule has 7 aromatic carbocycles. The molecule has 0 saturated carbocycles. The molecule has 0 spiro atoms. The predicted octanol–water partition coefficient (Wildman–Crippen LogP) is 10.6. The smallest absolute Gasteiger partial charge is 0.206 e. The highest BCUT2D eigenvalue weighted by Crippen LogP contribution is 2.44. The number of aromatic nitrogens is 2. The molecule has 3 aromatic heterocycles. The van der Waals surface area contributed by atoms with Crippen molar-refractivity contribution in [3.05, 3.63) is 175 Å². The molecule has 1 aliphatic heterocycles. The third-order valence-corrected chi connectivity index (χ3v) is 10.4. The van der Waals surface area contributed by atoms with Gasteiger partial charge in [0.1, 0.15) is 23.5 Å². The molecule has 0 radical (unpaired) electrons. The number of hydrogen-bond donors (Lipinski definition) is 2. The normalized spacial score (nSPS) is 16.4. The summed E-state index contributed by atoms with van der Waals surface area (Å²) >= 11 is 0. The highest BCUT2D eigenvalue weighted by Gasteiger charge is 2.28. The van der Waals surface area contributed by atoms with Gasteiger partial charge in [-0.15, -0.1) is 0 Å². The monoisotopic (exact) mass is 657 g/mol. The summed E-state index contributed by atoms with van der Waals surface area (Å²) in [5.41, 5.74) is 9.64. The maximum absolute atomic E-state index is 6.48. The Labute approximate surface area is 292 Å². The van der Waals surface area contributed by atoms with E-state index >= 15 is 0 Å². The average molecular weight is 658 g/mol. The quantitative estimate of drug-likeness (QED) is 0.199. The number of benzene rings is 7. The molecule has 1 aliphatic rings. The second-order valence-corrected chi connectivity index (χ2v) is 13.3. The van der Waals surface area contributed by atoms with E-state index in [-0.39, 0.29) is 12.3 Å². The molecule has 6 heteroatoms. The molecular weight excluding hydrogens is 627 g/mol. The van der Waals surface area contributed by atoms with E-state index in [1.54, 1.807) is 0 Å². The zero-order valence-electron chi connectivity index (χ0n) is 27.5. The minimum absolute atomic E-state index is 0.148. The Balaban J connectivity index is 1.24. The van der Waals surface area contributed by atoms with E-state index in [4.69, 9.17) is 9.41 Å². The lowest BCUT2D eigenvalue weighted by Crippen LogP contribution is -2.47. The number of nitrogens with zero attached hydrogens (tertiary/aromatic N) is 3. The topological polar surface area (TPSA) is 59.4 Å². The van der Waals surface area contributed by atoms with Gasteiger partial charge >= 0.3 is 0 Å². The minimum Gasteiger partial charge on any atom is -0.456 e. The number of aliphatic imine (C=N–C) groups is 1. The van der Waals surface area contributed by atoms with Crippen molar-refractivity contribution in [2.24, 2.45) is 4.99 Å². The molecular formula is C45H31N5O. The number of furan rings is 1. The Hall–Kier alpha value is -6.63. The molecule has 0 fully saturated rings. The Morgan fingerprint density at radius 2 is 1.10 bits per heavy atom. The van der Waals surface area contributed by atoms with Gasteiger partial charge in [-0.3, -0.25) is 9.88 Å². The predicted molar refractivity (Wildman–Crippen MR) is 209 cm³/mol. The standard InChI is InChI=1S/C45H31N5O/c1-4-14-28(15-5-1)43-46-44(29-16-6-2-7-17-29)48-45(47-43)50-35-22-12-10-21-32(35)41-37(50)25-24-36-42(41)34-27-40-33(31-20-11-13-23-39(31)51-40)26-38(34)49(36)30-18-8-3-9-19-30/h1-27,43-44,46H,(H,47,48). The second-order valence-electron chi connectivity index (χ2n) is 13.3. The van der Waals surface area contributed by atoms with Crippen molar-refractivity contribution >= 4 is 71.5 Å². The lowest BCUT2D eigenvalue weighted by molar-refractivity contribution is 0.403. The molecule has 0 saturated heterocycles. The summed E-state index contributed by atoms with van der Waals surface area (Å²) in [5.74, 6) is 0.800. The average Bonchev–Trinajstić information content (AvgIpc) is 3.85. The molecule has 6 nitrogen and oxygen atoms in total. The van der Waals surface area contributed by atoms with E-state index in [9.17, 15) is 0 Å². The van der Waals surface area contributed by atoms with Gasteiger partial charge in [-0.1, -0.05) is 115 Å². The van der Waals surface area contributed by atoms with E-state index in [1.807, 2.05) is 18.2 Å². The van der Waals surface area contributed by atoms with Gasteiger partial charge in [0.05, 0.1) is 22.1 Å². The van der Waals surface area contributed by atoms with Crippen LogP contribution in [0.4, 0.5) is 0 Å². The van der Waals surface area contributed by atoms with E-state index in [2.05, 4.69) is 165 Å². The lowest BCUT2D eigenvalue weighted by Gasteiger charge is -2.32. The largest absolute Gasteiger partial charge is 0.456 e. The van der Waals surface area contributed by atoms with Crippen LogP contribution in [0.25, 0.3) is 71.2 Å². The fraction of sp³-hybridized carbons (Fsp3) is 0.0444. The fourth-order valence-corrected chi connectivity index (χ4v) is 8.15. The SMILES string of the molecule is c1ccc(C2N=C(n3c4ccccc4c4c5c6cc7oc8ccccc8c7cc6n(-c6ccccc6)c5ccc43)NC(c3ccccc3)N2)cc1. The van der Waals surface area contributed by atoms with Gasteiger partial charge in [-0.2, -0.15) is 0 Å². The van der Waals surface area contributed by atoms with Gasteiger partial charge in [0, 0.05) is 38.0 Å². The molecule has 11 rings (SSSR count). The van der Waals surface area contributed by atoms with Crippen molar-refractivity contribution in [3.63, 3.8) is 0 Å².